The summed E-state index contributed by atoms with van der Waals surface area (Å²) < 4.78 is 15.5. The number of carbonyl (C=O) groups excluding carboxylic acids is 3. The molecule has 0 aliphatic heterocycles. The monoisotopic (exact) mass is 534 g/mol. The Morgan fingerprint density at radius 2 is 1.87 bits per heavy atom. The SMILES string of the molecule is CCOC(=O)c1ccc(NC(=O)/C(C#N)=C/c2ccc(OCC(=O)OC)c(I)c2)cc1. The first-order valence-electron chi connectivity index (χ1n) is 9.07. The van der Waals surface area contributed by atoms with Crippen molar-refractivity contribution in [3.05, 3.63) is 62.7 Å². The lowest BCUT2D eigenvalue weighted by molar-refractivity contribution is -0.142. The molecule has 2 aromatic carbocycles. The van der Waals surface area contributed by atoms with Gasteiger partial charge in [0.1, 0.15) is 17.4 Å². The van der Waals surface area contributed by atoms with Crippen molar-refractivity contribution in [2.24, 2.45) is 0 Å². The smallest absolute Gasteiger partial charge is 0.343 e. The van der Waals surface area contributed by atoms with Gasteiger partial charge < -0.3 is 19.5 Å². The average Bonchev–Trinajstić information content (AvgIpc) is 2.77. The molecular formula is C22H19IN2O6. The van der Waals surface area contributed by atoms with E-state index in [9.17, 15) is 19.6 Å². The number of nitrogens with one attached hydrogen (secondary N) is 1. The fourth-order valence-electron chi connectivity index (χ4n) is 2.34. The summed E-state index contributed by atoms with van der Waals surface area (Å²) in [5.41, 5.74) is 1.30. The number of halogens is 1. The van der Waals surface area contributed by atoms with Crippen molar-refractivity contribution in [2.75, 3.05) is 25.6 Å². The van der Waals surface area contributed by atoms with E-state index >= 15 is 0 Å². The van der Waals surface area contributed by atoms with Crippen LogP contribution in [0.3, 0.4) is 0 Å². The highest BCUT2D eigenvalue weighted by Crippen LogP contribution is 2.23. The van der Waals surface area contributed by atoms with Crippen LogP contribution in [0.15, 0.2) is 48.0 Å². The lowest BCUT2D eigenvalue weighted by atomic mass is 10.1. The maximum absolute atomic E-state index is 12.5. The summed E-state index contributed by atoms with van der Waals surface area (Å²) in [6, 6.07) is 13.0. The Morgan fingerprint density at radius 3 is 2.45 bits per heavy atom. The Hall–Kier alpha value is -3.39. The topological polar surface area (TPSA) is 115 Å². The lowest BCUT2D eigenvalue weighted by Gasteiger charge is -2.08. The minimum absolute atomic E-state index is 0.103. The van der Waals surface area contributed by atoms with E-state index in [1.54, 1.807) is 37.3 Å². The van der Waals surface area contributed by atoms with Crippen LogP contribution in [0, 0.1) is 14.9 Å². The van der Waals surface area contributed by atoms with Gasteiger partial charge in [-0.05, 0) is 77.6 Å². The van der Waals surface area contributed by atoms with Crippen LogP contribution in [0.1, 0.15) is 22.8 Å². The number of anilines is 1. The summed E-state index contributed by atoms with van der Waals surface area (Å²) in [6.07, 6.45) is 1.44. The number of nitrogens with zero attached hydrogens (tertiary/aromatic N) is 1. The summed E-state index contributed by atoms with van der Waals surface area (Å²) in [6.45, 7) is 1.76. The third-order valence-corrected chi connectivity index (χ3v) is 4.70. The van der Waals surface area contributed by atoms with Crippen LogP contribution in [0.25, 0.3) is 6.08 Å². The molecule has 0 bridgehead atoms. The number of methoxy groups -OCH3 is 1. The molecular weight excluding hydrogens is 515 g/mol. The van der Waals surface area contributed by atoms with Crippen LogP contribution in [0.2, 0.25) is 0 Å². The second-order valence-electron chi connectivity index (χ2n) is 5.98. The van der Waals surface area contributed by atoms with Gasteiger partial charge in [-0.15, -0.1) is 0 Å². The van der Waals surface area contributed by atoms with Crippen molar-refractivity contribution >= 4 is 52.2 Å². The van der Waals surface area contributed by atoms with Gasteiger partial charge >= 0.3 is 11.9 Å². The Balaban J connectivity index is 2.10. The fourth-order valence-corrected chi connectivity index (χ4v) is 3.03. The van der Waals surface area contributed by atoms with Crippen molar-refractivity contribution in [1.82, 2.24) is 0 Å². The van der Waals surface area contributed by atoms with Gasteiger partial charge in [0.25, 0.3) is 5.91 Å². The molecule has 0 atom stereocenters. The molecule has 0 aliphatic carbocycles. The molecule has 2 aromatic rings. The van der Waals surface area contributed by atoms with E-state index in [1.807, 2.05) is 28.7 Å². The highest BCUT2D eigenvalue weighted by atomic mass is 127. The van der Waals surface area contributed by atoms with E-state index < -0.39 is 17.8 Å². The summed E-state index contributed by atoms with van der Waals surface area (Å²) in [5.74, 6) is -1.06. The maximum atomic E-state index is 12.5. The first-order valence-corrected chi connectivity index (χ1v) is 10.1. The minimum atomic E-state index is -0.590. The summed E-state index contributed by atoms with van der Waals surface area (Å²) in [7, 11) is 1.27. The molecule has 0 heterocycles. The van der Waals surface area contributed by atoms with Crippen molar-refractivity contribution in [3.63, 3.8) is 0 Å². The number of ether oxygens (including phenoxy) is 3. The van der Waals surface area contributed by atoms with E-state index in [1.165, 1.54) is 25.3 Å². The average molecular weight is 534 g/mol. The van der Waals surface area contributed by atoms with E-state index in [0.29, 0.717) is 26.1 Å². The summed E-state index contributed by atoms with van der Waals surface area (Å²) >= 11 is 2.03. The largest absolute Gasteiger partial charge is 0.481 e. The molecule has 0 spiro atoms. The fraction of sp³-hybridized carbons (Fsp3) is 0.182. The Kier molecular flexibility index (Phi) is 9.02. The number of esters is 2. The van der Waals surface area contributed by atoms with E-state index in [0.717, 1.165) is 0 Å². The molecule has 0 saturated heterocycles. The number of amides is 1. The molecule has 160 valence electrons. The van der Waals surface area contributed by atoms with Gasteiger partial charge in [-0.2, -0.15) is 5.26 Å². The first kappa shape index (κ1) is 23.9. The van der Waals surface area contributed by atoms with E-state index in [4.69, 9.17) is 9.47 Å². The van der Waals surface area contributed by atoms with Crippen LogP contribution >= 0.6 is 22.6 Å². The van der Waals surface area contributed by atoms with Crippen molar-refractivity contribution in [3.8, 4) is 11.8 Å². The van der Waals surface area contributed by atoms with E-state index in [-0.39, 0.29) is 18.8 Å². The van der Waals surface area contributed by atoms with Crippen LogP contribution < -0.4 is 10.1 Å². The van der Waals surface area contributed by atoms with Crippen LogP contribution in [-0.4, -0.2) is 38.2 Å². The first-order chi connectivity index (χ1) is 14.9. The molecule has 9 heteroatoms. The molecule has 0 aliphatic rings. The zero-order valence-electron chi connectivity index (χ0n) is 16.8. The van der Waals surface area contributed by atoms with Gasteiger partial charge in [0.15, 0.2) is 6.61 Å². The number of benzene rings is 2. The molecule has 0 aromatic heterocycles. The quantitative estimate of drug-likeness (QED) is 0.238. The zero-order chi connectivity index (χ0) is 22.8. The molecule has 8 nitrogen and oxygen atoms in total. The van der Waals surface area contributed by atoms with Crippen LogP contribution in [0.4, 0.5) is 5.69 Å². The van der Waals surface area contributed by atoms with Gasteiger partial charge in [0.2, 0.25) is 0 Å². The minimum Gasteiger partial charge on any atom is -0.481 e. The summed E-state index contributed by atoms with van der Waals surface area (Å²) in [5, 5.41) is 12.0. The second kappa shape index (κ2) is 11.7. The molecule has 2 rings (SSSR count). The number of rotatable bonds is 8. The molecule has 31 heavy (non-hydrogen) atoms. The van der Waals surface area contributed by atoms with Crippen LogP contribution in [-0.2, 0) is 19.1 Å². The Morgan fingerprint density at radius 1 is 1.16 bits per heavy atom. The lowest BCUT2D eigenvalue weighted by Crippen LogP contribution is -2.14. The zero-order valence-corrected chi connectivity index (χ0v) is 19.0. The Bertz CT molecular complexity index is 1040. The third kappa shape index (κ3) is 7.11. The number of hydrogen-bond acceptors (Lipinski definition) is 7. The predicted molar refractivity (Wildman–Crippen MR) is 121 cm³/mol. The predicted octanol–water partition coefficient (Wildman–Crippen LogP) is 3.57. The van der Waals surface area contributed by atoms with E-state index in [2.05, 4.69) is 10.1 Å². The number of hydrogen-bond donors (Lipinski definition) is 1. The molecule has 1 N–H and O–H groups in total. The molecule has 0 fully saturated rings. The van der Waals surface area contributed by atoms with Crippen molar-refractivity contribution in [1.29, 1.82) is 5.26 Å². The standard InChI is InChI=1S/C22H19IN2O6/c1-3-30-22(28)15-5-7-17(8-6-15)25-21(27)16(12-24)10-14-4-9-19(18(23)11-14)31-13-20(26)29-2/h4-11H,3,13H2,1-2H3,(H,25,27)/b16-10+. The maximum Gasteiger partial charge on any atom is 0.343 e. The van der Waals surface area contributed by atoms with Gasteiger partial charge in [-0.1, -0.05) is 6.07 Å². The molecule has 0 saturated carbocycles. The number of nitriles is 1. The molecule has 0 unspecified atom stereocenters. The van der Waals surface area contributed by atoms with Gasteiger partial charge in [0.05, 0.1) is 22.9 Å². The normalized spacial score (nSPS) is 10.6. The van der Waals surface area contributed by atoms with Gasteiger partial charge in [0, 0.05) is 5.69 Å². The van der Waals surface area contributed by atoms with Gasteiger partial charge in [-0.3, -0.25) is 4.79 Å². The molecule has 1 amide bonds. The van der Waals surface area contributed by atoms with Crippen LogP contribution in [0.5, 0.6) is 5.75 Å². The Labute approximate surface area is 192 Å². The van der Waals surface area contributed by atoms with Crippen molar-refractivity contribution in [2.45, 2.75) is 6.92 Å². The number of carbonyl (C=O) groups is 3. The highest BCUT2D eigenvalue weighted by molar-refractivity contribution is 14.1. The second-order valence-corrected chi connectivity index (χ2v) is 7.14. The molecule has 0 radical (unpaired) electrons. The van der Waals surface area contributed by atoms with Gasteiger partial charge in [-0.25, -0.2) is 9.59 Å². The highest BCUT2D eigenvalue weighted by Gasteiger charge is 2.12. The third-order valence-electron chi connectivity index (χ3n) is 3.86. The summed E-state index contributed by atoms with van der Waals surface area (Å²) in [4.78, 5) is 35.3. The van der Waals surface area contributed by atoms with Crippen molar-refractivity contribution < 1.29 is 28.6 Å².